The minimum Gasteiger partial charge on any atom is -0.309 e. The van der Waals surface area contributed by atoms with Crippen LogP contribution in [-0.2, 0) is 0 Å². The van der Waals surface area contributed by atoms with Crippen molar-refractivity contribution in [3.8, 4) is 39.9 Å². The van der Waals surface area contributed by atoms with Gasteiger partial charge in [0.1, 0.15) is 0 Å². The minimum atomic E-state index is 0.647. The van der Waals surface area contributed by atoms with Gasteiger partial charge >= 0.3 is 0 Å². The quantitative estimate of drug-likeness (QED) is 0.194. The van der Waals surface area contributed by atoms with Gasteiger partial charge in [-0.25, -0.2) is 15.0 Å². The molecular formula is C43H26N4S. The van der Waals surface area contributed by atoms with Gasteiger partial charge in [0.15, 0.2) is 17.5 Å². The van der Waals surface area contributed by atoms with Crippen LogP contribution in [0.15, 0.2) is 158 Å². The Morgan fingerprint density at radius 3 is 1.81 bits per heavy atom. The molecule has 3 aromatic heterocycles. The molecule has 0 amide bonds. The van der Waals surface area contributed by atoms with E-state index in [4.69, 9.17) is 15.0 Å². The Balaban J connectivity index is 1.14. The van der Waals surface area contributed by atoms with Crippen LogP contribution in [0.4, 0.5) is 0 Å². The summed E-state index contributed by atoms with van der Waals surface area (Å²) in [6.45, 7) is 0. The molecule has 0 saturated heterocycles. The summed E-state index contributed by atoms with van der Waals surface area (Å²) in [6, 6.07) is 55.6. The molecule has 0 radical (unpaired) electrons. The summed E-state index contributed by atoms with van der Waals surface area (Å²) in [7, 11) is 0. The fraction of sp³-hybridized carbons (Fsp3) is 0. The predicted octanol–water partition coefficient (Wildman–Crippen LogP) is 11.5. The van der Waals surface area contributed by atoms with Crippen LogP contribution in [0.25, 0.3) is 92.6 Å². The monoisotopic (exact) mass is 630 g/mol. The van der Waals surface area contributed by atoms with Gasteiger partial charge in [-0.05, 0) is 60.0 Å². The van der Waals surface area contributed by atoms with E-state index in [0.717, 1.165) is 22.4 Å². The summed E-state index contributed by atoms with van der Waals surface area (Å²) in [5.74, 6) is 1.96. The number of thiophene rings is 1. The number of hydrogen-bond donors (Lipinski definition) is 0. The van der Waals surface area contributed by atoms with E-state index in [2.05, 4.69) is 132 Å². The Morgan fingerprint density at radius 2 is 1.00 bits per heavy atom. The van der Waals surface area contributed by atoms with Crippen LogP contribution < -0.4 is 0 Å². The highest BCUT2D eigenvalue weighted by molar-refractivity contribution is 7.25. The van der Waals surface area contributed by atoms with Crippen molar-refractivity contribution in [3.05, 3.63) is 158 Å². The van der Waals surface area contributed by atoms with Crippen LogP contribution >= 0.6 is 11.3 Å². The van der Waals surface area contributed by atoms with E-state index >= 15 is 0 Å². The van der Waals surface area contributed by atoms with Gasteiger partial charge in [-0.15, -0.1) is 11.3 Å². The van der Waals surface area contributed by atoms with Crippen molar-refractivity contribution in [2.75, 3.05) is 0 Å². The third-order valence-electron chi connectivity index (χ3n) is 9.25. The zero-order chi connectivity index (χ0) is 31.6. The van der Waals surface area contributed by atoms with Gasteiger partial charge < -0.3 is 4.57 Å². The minimum absolute atomic E-state index is 0.647. The summed E-state index contributed by atoms with van der Waals surface area (Å²) in [5, 5.41) is 7.43. The molecule has 48 heavy (non-hydrogen) atoms. The van der Waals surface area contributed by atoms with E-state index in [1.807, 2.05) is 41.7 Å². The summed E-state index contributed by atoms with van der Waals surface area (Å²) >= 11 is 1.81. The molecule has 10 aromatic rings. The first-order valence-corrected chi connectivity index (χ1v) is 16.9. The number of benzene rings is 7. The fourth-order valence-electron chi connectivity index (χ4n) is 6.97. The van der Waals surface area contributed by atoms with Crippen molar-refractivity contribution in [3.63, 3.8) is 0 Å². The molecule has 0 saturated carbocycles. The van der Waals surface area contributed by atoms with Crippen LogP contribution in [0, 0.1) is 0 Å². The standard InChI is InChI=1S/C43H26N4S/c1-2-11-28(12-3-1)41-44-42(46-43(45-41)30-21-25-39-36(26-30)34-15-7-9-17-38(34)48-39)29-18-22-31(23-19-29)47-37-16-8-6-14-33(37)35-24-20-27-10-4-5-13-32(27)40(35)47/h1-26H. The lowest BCUT2D eigenvalue weighted by Crippen LogP contribution is -2.00. The number of nitrogens with zero attached hydrogens (tertiary/aromatic N) is 4. The van der Waals surface area contributed by atoms with E-state index in [9.17, 15) is 0 Å². The molecule has 0 spiro atoms. The molecule has 7 aromatic carbocycles. The molecule has 0 aliphatic carbocycles. The topological polar surface area (TPSA) is 43.6 Å². The third-order valence-corrected chi connectivity index (χ3v) is 10.4. The third kappa shape index (κ3) is 4.25. The summed E-state index contributed by atoms with van der Waals surface area (Å²) in [4.78, 5) is 15.1. The van der Waals surface area contributed by atoms with E-state index in [1.165, 1.54) is 52.8 Å². The molecule has 0 unspecified atom stereocenters. The molecule has 10 rings (SSSR count). The average molecular weight is 631 g/mol. The van der Waals surface area contributed by atoms with Crippen molar-refractivity contribution in [2.45, 2.75) is 0 Å². The zero-order valence-electron chi connectivity index (χ0n) is 25.7. The van der Waals surface area contributed by atoms with Gasteiger partial charge in [0.2, 0.25) is 0 Å². The largest absolute Gasteiger partial charge is 0.309 e. The van der Waals surface area contributed by atoms with Gasteiger partial charge in [-0.1, -0.05) is 103 Å². The molecule has 0 fully saturated rings. The Morgan fingerprint density at radius 1 is 0.396 bits per heavy atom. The lowest BCUT2D eigenvalue weighted by atomic mass is 10.1. The molecule has 0 N–H and O–H groups in total. The van der Waals surface area contributed by atoms with Crippen molar-refractivity contribution >= 4 is 64.1 Å². The number of aromatic nitrogens is 4. The Bertz CT molecular complexity index is 2830. The van der Waals surface area contributed by atoms with Crippen LogP contribution in [-0.4, -0.2) is 19.5 Å². The molecule has 4 nitrogen and oxygen atoms in total. The maximum Gasteiger partial charge on any atom is 0.164 e. The van der Waals surface area contributed by atoms with Gasteiger partial charge in [0.05, 0.1) is 11.0 Å². The highest BCUT2D eigenvalue weighted by atomic mass is 32.1. The van der Waals surface area contributed by atoms with Crippen molar-refractivity contribution in [1.82, 2.24) is 19.5 Å². The SMILES string of the molecule is c1ccc(-c2nc(-c3ccc(-n4c5ccccc5c5ccc6ccccc6c54)cc3)nc(-c3ccc4sc5ccccc5c4c3)n2)cc1. The average Bonchev–Trinajstić information content (AvgIpc) is 3.71. The van der Waals surface area contributed by atoms with Crippen molar-refractivity contribution < 1.29 is 0 Å². The first-order chi connectivity index (χ1) is 23.8. The highest BCUT2D eigenvalue weighted by Crippen LogP contribution is 2.38. The molecule has 0 atom stereocenters. The first-order valence-electron chi connectivity index (χ1n) is 16.0. The molecule has 0 aliphatic heterocycles. The molecule has 0 bridgehead atoms. The van der Waals surface area contributed by atoms with Crippen molar-refractivity contribution in [2.24, 2.45) is 0 Å². The molecule has 3 heterocycles. The number of hydrogen-bond acceptors (Lipinski definition) is 4. The maximum absolute atomic E-state index is 5.08. The zero-order valence-corrected chi connectivity index (χ0v) is 26.5. The lowest BCUT2D eigenvalue weighted by molar-refractivity contribution is 1.07. The van der Waals surface area contributed by atoms with Crippen LogP contribution in [0.1, 0.15) is 0 Å². The number of rotatable bonds is 4. The fourth-order valence-corrected chi connectivity index (χ4v) is 8.06. The molecule has 224 valence electrons. The summed E-state index contributed by atoms with van der Waals surface area (Å²) < 4.78 is 4.92. The second-order valence-corrected chi connectivity index (χ2v) is 13.1. The van der Waals surface area contributed by atoms with Gasteiger partial charge in [-0.2, -0.15) is 0 Å². The van der Waals surface area contributed by atoms with Crippen LogP contribution in [0.2, 0.25) is 0 Å². The normalized spacial score (nSPS) is 11.8. The van der Waals surface area contributed by atoms with Gasteiger partial charge in [0.25, 0.3) is 0 Å². The molecule has 0 aliphatic rings. The second kappa shape index (κ2) is 10.7. The Kier molecular flexibility index (Phi) is 6.01. The Labute approximate surface area is 280 Å². The van der Waals surface area contributed by atoms with Crippen LogP contribution in [0.5, 0.6) is 0 Å². The second-order valence-electron chi connectivity index (χ2n) is 12.1. The lowest BCUT2D eigenvalue weighted by Gasteiger charge is -2.12. The van der Waals surface area contributed by atoms with E-state index in [-0.39, 0.29) is 0 Å². The van der Waals surface area contributed by atoms with Crippen molar-refractivity contribution in [1.29, 1.82) is 0 Å². The van der Waals surface area contributed by atoms with E-state index in [0.29, 0.717) is 17.5 Å². The van der Waals surface area contributed by atoms with E-state index in [1.54, 1.807) is 0 Å². The number of para-hydroxylation sites is 1. The van der Waals surface area contributed by atoms with E-state index < -0.39 is 0 Å². The smallest absolute Gasteiger partial charge is 0.164 e. The van der Waals surface area contributed by atoms with Gasteiger partial charge in [-0.3, -0.25) is 0 Å². The molecule has 5 heteroatoms. The van der Waals surface area contributed by atoms with Crippen LogP contribution in [0.3, 0.4) is 0 Å². The number of fused-ring (bicyclic) bond motifs is 8. The predicted molar refractivity (Wildman–Crippen MR) is 201 cm³/mol. The maximum atomic E-state index is 5.08. The van der Waals surface area contributed by atoms with Gasteiger partial charge in [0, 0.05) is 58.7 Å². The summed E-state index contributed by atoms with van der Waals surface area (Å²) in [6.07, 6.45) is 0. The Hall–Kier alpha value is -6.17. The summed E-state index contributed by atoms with van der Waals surface area (Å²) in [5.41, 5.74) is 6.36. The highest BCUT2D eigenvalue weighted by Gasteiger charge is 2.17. The molecular weight excluding hydrogens is 605 g/mol. The first kappa shape index (κ1) is 27.0.